The van der Waals surface area contributed by atoms with Crippen LogP contribution < -0.4 is 9.62 Å². The molecule has 0 aliphatic carbocycles. The summed E-state index contributed by atoms with van der Waals surface area (Å²) in [6.45, 7) is 1.69. The van der Waals surface area contributed by atoms with Crippen LogP contribution in [0.3, 0.4) is 0 Å². The van der Waals surface area contributed by atoms with Crippen molar-refractivity contribution in [3.8, 4) is 11.3 Å². The van der Waals surface area contributed by atoms with Gasteiger partial charge in [-0.1, -0.05) is 0 Å². The number of halogens is 1. The average Bonchev–Trinajstić information content (AvgIpc) is 3.07. The molecule has 3 aromatic rings. The molecule has 2 aromatic carbocycles. The SMILES string of the molecule is CNC(=O)c1c(-c2ccc(F)cc2)oc2cc3c(cc12)C(C)OC(CCO)CN3S(C)(=O)=O. The van der Waals surface area contributed by atoms with Crippen LogP contribution in [0.2, 0.25) is 0 Å². The first-order valence-corrected chi connectivity index (χ1v) is 12.3. The smallest absolute Gasteiger partial charge is 0.255 e. The molecule has 0 spiro atoms. The fraction of sp³-hybridized carbons (Fsp3) is 0.348. The van der Waals surface area contributed by atoms with Crippen molar-refractivity contribution in [2.75, 3.05) is 30.8 Å². The molecule has 0 fully saturated rings. The number of rotatable bonds is 5. The summed E-state index contributed by atoms with van der Waals surface area (Å²) in [5.74, 6) is -0.564. The van der Waals surface area contributed by atoms with Crippen molar-refractivity contribution < 1.29 is 31.9 Å². The van der Waals surface area contributed by atoms with Gasteiger partial charge >= 0.3 is 0 Å². The summed E-state index contributed by atoms with van der Waals surface area (Å²) in [6, 6.07) is 8.86. The maximum atomic E-state index is 13.5. The first kappa shape index (κ1) is 23.2. The zero-order chi connectivity index (χ0) is 23.9. The van der Waals surface area contributed by atoms with Crippen LogP contribution in [0.25, 0.3) is 22.3 Å². The second-order valence-corrected chi connectivity index (χ2v) is 9.91. The number of nitrogens with one attached hydrogen (secondary N) is 1. The van der Waals surface area contributed by atoms with Gasteiger partial charge in [0.2, 0.25) is 10.0 Å². The molecule has 8 nitrogen and oxygen atoms in total. The van der Waals surface area contributed by atoms with Crippen LogP contribution in [0.4, 0.5) is 10.1 Å². The third-order valence-electron chi connectivity index (χ3n) is 5.72. The van der Waals surface area contributed by atoms with E-state index in [4.69, 9.17) is 9.15 Å². The molecule has 2 N–H and O–H groups in total. The van der Waals surface area contributed by atoms with Gasteiger partial charge in [-0.05, 0) is 43.7 Å². The highest BCUT2D eigenvalue weighted by Crippen LogP contribution is 2.42. The number of aliphatic hydroxyl groups is 1. The number of anilines is 1. The highest BCUT2D eigenvalue weighted by Gasteiger charge is 2.33. The van der Waals surface area contributed by atoms with E-state index < -0.39 is 34.0 Å². The minimum atomic E-state index is -3.68. The first-order valence-electron chi connectivity index (χ1n) is 10.5. The fourth-order valence-corrected chi connectivity index (χ4v) is 5.10. The largest absolute Gasteiger partial charge is 0.455 e. The lowest BCUT2D eigenvalue weighted by molar-refractivity contribution is -0.00546. The molecule has 176 valence electrons. The van der Waals surface area contributed by atoms with Gasteiger partial charge < -0.3 is 19.6 Å². The first-order chi connectivity index (χ1) is 15.6. The Bertz CT molecular complexity index is 1300. The quantitative estimate of drug-likeness (QED) is 0.585. The molecule has 0 bridgehead atoms. The van der Waals surface area contributed by atoms with Gasteiger partial charge in [0, 0.05) is 36.2 Å². The summed E-state index contributed by atoms with van der Waals surface area (Å²) in [5, 5.41) is 12.5. The third-order valence-corrected chi connectivity index (χ3v) is 6.87. The van der Waals surface area contributed by atoms with E-state index in [1.54, 1.807) is 19.1 Å². The van der Waals surface area contributed by atoms with E-state index in [0.29, 0.717) is 27.8 Å². The Labute approximate surface area is 191 Å². The Balaban J connectivity index is 1.98. The Morgan fingerprint density at radius 3 is 2.58 bits per heavy atom. The molecular formula is C23H25FN2O6S. The van der Waals surface area contributed by atoms with E-state index >= 15 is 0 Å². The Morgan fingerprint density at radius 2 is 1.97 bits per heavy atom. The monoisotopic (exact) mass is 476 g/mol. The number of hydrogen-bond donors (Lipinski definition) is 2. The predicted molar refractivity (Wildman–Crippen MR) is 122 cm³/mol. The lowest BCUT2D eigenvalue weighted by atomic mass is 10.0. The lowest BCUT2D eigenvalue weighted by Gasteiger charge is -2.24. The Kier molecular flexibility index (Phi) is 6.17. The van der Waals surface area contributed by atoms with Gasteiger partial charge in [-0.3, -0.25) is 9.10 Å². The Hall–Kier alpha value is -2.95. The van der Waals surface area contributed by atoms with E-state index in [0.717, 1.165) is 6.26 Å². The van der Waals surface area contributed by atoms with Crippen molar-refractivity contribution in [1.82, 2.24) is 5.32 Å². The van der Waals surface area contributed by atoms with Crippen LogP contribution in [0, 0.1) is 5.82 Å². The van der Waals surface area contributed by atoms with Crippen LogP contribution in [0.15, 0.2) is 40.8 Å². The van der Waals surface area contributed by atoms with Crippen LogP contribution >= 0.6 is 0 Å². The number of hydrogen-bond acceptors (Lipinski definition) is 6. The molecule has 10 heteroatoms. The van der Waals surface area contributed by atoms with Gasteiger partial charge in [0.25, 0.3) is 5.91 Å². The highest BCUT2D eigenvalue weighted by molar-refractivity contribution is 7.92. The van der Waals surface area contributed by atoms with E-state index in [2.05, 4.69) is 5.32 Å². The van der Waals surface area contributed by atoms with E-state index in [-0.39, 0.29) is 30.9 Å². The van der Waals surface area contributed by atoms with Crippen molar-refractivity contribution in [2.24, 2.45) is 0 Å². The average molecular weight is 477 g/mol. The number of fused-ring (bicyclic) bond motifs is 2. The molecule has 1 amide bonds. The fourth-order valence-electron chi connectivity index (χ4n) is 4.15. The number of nitrogens with zero attached hydrogens (tertiary/aromatic N) is 1. The summed E-state index contributed by atoms with van der Waals surface area (Å²) < 4.78 is 52.1. The van der Waals surface area contributed by atoms with Gasteiger partial charge in [0.15, 0.2) is 0 Å². The van der Waals surface area contributed by atoms with Crippen molar-refractivity contribution in [1.29, 1.82) is 0 Å². The minimum absolute atomic E-state index is 0.0378. The van der Waals surface area contributed by atoms with Crippen LogP contribution in [0.1, 0.15) is 35.4 Å². The van der Waals surface area contributed by atoms with Gasteiger partial charge in [-0.15, -0.1) is 0 Å². The molecular weight excluding hydrogens is 451 g/mol. The summed E-state index contributed by atoms with van der Waals surface area (Å²) in [6.07, 6.45) is 0.370. The second kappa shape index (κ2) is 8.77. The topological polar surface area (TPSA) is 109 Å². The molecule has 1 aliphatic rings. The zero-order valence-corrected chi connectivity index (χ0v) is 19.3. The van der Waals surface area contributed by atoms with Gasteiger partial charge in [-0.25, -0.2) is 12.8 Å². The molecule has 2 atom stereocenters. The zero-order valence-electron chi connectivity index (χ0n) is 18.5. The lowest BCUT2D eigenvalue weighted by Crippen LogP contribution is -2.37. The number of aliphatic hydroxyl groups excluding tert-OH is 1. The summed E-state index contributed by atoms with van der Waals surface area (Å²) >= 11 is 0. The van der Waals surface area contributed by atoms with Crippen LogP contribution in [-0.4, -0.2) is 52.0 Å². The molecule has 4 rings (SSSR count). The van der Waals surface area contributed by atoms with E-state index in [1.165, 1.54) is 35.6 Å². The molecule has 1 aliphatic heterocycles. The number of ether oxygens (including phenoxy) is 1. The molecule has 2 heterocycles. The second-order valence-electron chi connectivity index (χ2n) is 8.01. The van der Waals surface area contributed by atoms with Crippen molar-refractivity contribution in [2.45, 2.75) is 25.6 Å². The van der Waals surface area contributed by atoms with Crippen molar-refractivity contribution in [3.63, 3.8) is 0 Å². The number of furan rings is 1. The predicted octanol–water partition coefficient (Wildman–Crippen LogP) is 3.21. The summed E-state index contributed by atoms with van der Waals surface area (Å²) in [4.78, 5) is 12.8. The third kappa shape index (κ3) is 4.33. The van der Waals surface area contributed by atoms with Gasteiger partial charge in [0.05, 0.1) is 36.3 Å². The van der Waals surface area contributed by atoms with E-state index in [9.17, 15) is 22.7 Å². The van der Waals surface area contributed by atoms with E-state index in [1.807, 2.05) is 0 Å². The number of benzene rings is 2. The summed E-state index contributed by atoms with van der Waals surface area (Å²) in [5.41, 5.74) is 2.05. The standard InChI is InChI=1S/C23H25FN2O6S/c1-13-17-10-18-20(11-19(17)26(33(3,29)30)12-16(31-13)8-9-27)32-22(21(18)23(28)25-2)14-4-6-15(24)7-5-14/h4-7,10-11,13,16,27H,8-9,12H2,1-3H3,(H,25,28). The van der Waals surface area contributed by atoms with Gasteiger partial charge in [0.1, 0.15) is 17.2 Å². The number of carbonyl (C=O) groups is 1. The normalized spacial score (nSPS) is 18.8. The maximum absolute atomic E-state index is 13.5. The minimum Gasteiger partial charge on any atom is -0.455 e. The molecule has 0 saturated carbocycles. The molecule has 0 radical (unpaired) electrons. The molecule has 0 saturated heterocycles. The summed E-state index contributed by atoms with van der Waals surface area (Å²) in [7, 11) is -2.18. The highest BCUT2D eigenvalue weighted by atomic mass is 32.2. The molecule has 33 heavy (non-hydrogen) atoms. The Morgan fingerprint density at radius 1 is 1.27 bits per heavy atom. The number of amides is 1. The van der Waals surface area contributed by atoms with Crippen LogP contribution in [0.5, 0.6) is 0 Å². The van der Waals surface area contributed by atoms with Crippen molar-refractivity contribution in [3.05, 3.63) is 53.3 Å². The number of carbonyl (C=O) groups excluding carboxylic acids is 1. The van der Waals surface area contributed by atoms with Gasteiger partial charge in [-0.2, -0.15) is 0 Å². The molecule has 2 unspecified atom stereocenters. The van der Waals surface area contributed by atoms with Crippen molar-refractivity contribution >= 4 is 32.6 Å². The van der Waals surface area contributed by atoms with Crippen LogP contribution in [-0.2, 0) is 14.8 Å². The maximum Gasteiger partial charge on any atom is 0.255 e. The molecule has 1 aromatic heterocycles. The number of sulfonamides is 1.